The van der Waals surface area contributed by atoms with Gasteiger partial charge >= 0.3 is 0 Å². The Morgan fingerprint density at radius 1 is 0.966 bits per heavy atom. The first-order valence-corrected chi connectivity index (χ1v) is 11.1. The molecule has 0 unspecified atom stereocenters. The first-order chi connectivity index (χ1) is 14.3. The lowest BCUT2D eigenvalue weighted by Crippen LogP contribution is -2.46. The molecule has 0 radical (unpaired) electrons. The number of nitrogens with zero attached hydrogens (tertiary/aromatic N) is 3. The largest absolute Gasteiger partial charge is 0.369 e. The Morgan fingerprint density at radius 3 is 2.76 bits per heavy atom. The quantitative estimate of drug-likeness (QED) is 0.706. The fourth-order valence-electron chi connectivity index (χ4n) is 5.03. The molecule has 0 saturated carbocycles. The first kappa shape index (κ1) is 18.6. The van der Waals surface area contributed by atoms with E-state index in [4.69, 9.17) is 0 Å². The zero-order chi connectivity index (χ0) is 19.6. The second-order valence-corrected chi connectivity index (χ2v) is 8.54. The van der Waals surface area contributed by atoms with Crippen LogP contribution in [-0.4, -0.2) is 49.7 Å². The number of rotatable bonds is 6. The highest BCUT2D eigenvalue weighted by molar-refractivity contribution is 6.12. The lowest BCUT2D eigenvalue weighted by atomic mass is 10.0. The third kappa shape index (κ3) is 3.86. The highest BCUT2D eigenvalue weighted by atomic mass is 16.1. The normalized spacial score (nSPS) is 18.3. The maximum Gasteiger partial charge on any atom is 0.277 e. The van der Waals surface area contributed by atoms with Gasteiger partial charge in [0.1, 0.15) is 0 Å². The Morgan fingerprint density at radius 2 is 1.86 bits per heavy atom. The number of benzene rings is 2. The molecule has 5 rings (SSSR count). The van der Waals surface area contributed by atoms with Crippen molar-refractivity contribution in [3.63, 3.8) is 0 Å². The van der Waals surface area contributed by atoms with Crippen LogP contribution < -0.4 is 4.90 Å². The van der Waals surface area contributed by atoms with Gasteiger partial charge in [0.25, 0.3) is 5.91 Å². The van der Waals surface area contributed by atoms with Gasteiger partial charge in [0.15, 0.2) is 0 Å². The molecule has 3 aliphatic rings. The van der Waals surface area contributed by atoms with E-state index in [1.54, 1.807) is 17.3 Å². The Hall–Kier alpha value is -2.46. The van der Waals surface area contributed by atoms with Gasteiger partial charge in [-0.2, -0.15) is 0 Å². The molecule has 0 spiro atoms. The number of aryl methyl sites for hydroxylation is 2. The second-order valence-electron chi connectivity index (χ2n) is 8.54. The van der Waals surface area contributed by atoms with Gasteiger partial charge in [-0.25, -0.2) is 4.99 Å². The molecular weight excluding hydrogens is 358 g/mol. The number of aliphatic imine (C=N–C) groups is 1. The molecule has 1 amide bonds. The van der Waals surface area contributed by atoms with E-state index in [0.29, 0.717) is 0 Å². The van der Waals surface area contributed by atoms with E-state index in [1.807, 2.05) is 12.1 Å². The van der Waals surface area contributed by atoms with Crippen LogP contribution in [0.15, 0.2) is 41.4 Å². The van der Waals surface area contributed by atoms with Crippen LogP contribution in [0.1, 0.15) is 51.9 Å². The molecule has 1 saturated heterocycles. The van der Waals surface area contributed by atoms with Gasteiger partial charge in [0, 0.05) is 43.6 Å². The highest BCUT2D eigenvalue weighted by Gasteiger charge is 2.22. The van der Waals surface area contributed by atoms with Crippen LogP contribution in [0.25, 0.3) is 0 Å². The van der Waals surface area contributed by atoms with E-state index < -0.39 is 0 Å². The molecule has 2 aliphatic heterocycles. The maximum atomic E-state index is 11.7. The fourth-order valence-corrected chi connectivity index (χ4v) is 5.03. The number of carbonyl (C=O) groups is 1. The van der Waals surface area contributed by atoms with Crippen LogP contribution >= 0.6 is 0 Å². The molecular formula is C25H29N3O. The molecule has 0 bridgehead atoms. The van der Waals surface area contributed by atoms with E-state index in [-0.39, 0.29) is 5.91 Å². The van der Waals surface area contributed by atoms with E-state index in [9.17, 15) is 4.79 Å². The fraction of sp³-hybridized carbons (Fsp3) is 0.440. The van der Waals surface area contributed by atoms with Crippen molar-refractivity contribution >= 4 is 17.8 Å². The summed E-state index contributed by atoms with van der Waals surface area (Å²) in [4.78, 5) is 20.8. The van der Waals surface area contributed by atoms with Crippen molar-refractivity contribution in [1.82, 2.24) is 4.90 Å². The van der Waals surface area contributed by atoms with Crippen LogP contribution in [0.3, 0.4) is 0 Å². The Bertz CT molecular complexity index is 941. The van der Waals surface area contributed by atoms with Crippen molar-refractivity contribution in [3.05, 3.63) is 64.2 Å². The van der Waals surface area contributed by atoms with E-state index in [2.05, 4.69) is 39.1 Å². The summed E-state index contributed by atoms with van der Waals surface area (Å²) in [6.45, 7) is 5.78. The molecule has 2 aromatic carbocycles. The summed E-state index contributed by atoms with van der Waals surface area (Å²) in [5, 5.41) is 0. The smallest absolute Gasteiger partial charge is 0.277 e. The molecule has 2 heterocycles. The Kier molecular flexibility index (Phi) is 5.19. The van der Waals surface area contributed by atoms with E-state index in [0.717, 1.165) is 43.7 Å². The first-order valence-electron chi connectivity index (χ1n) is 11.1. The molecule has 0 N–H and O–H groups in total. The minimum atomic E-state index is -0.0937. The standard InChI is InChI=1S/C25H29N3O/c29-25-23-17-19(10-11-21(23)18-26-25)5-1-2-12-27-13-15-28(16-14-27)24-9-4-7-20-6-3-8-22(20)24/h4,7,9-11,17-18H,1-3,5-6,8,12-16H2. The van der Waals surface area contributed by atoms with Crippen molar-refractivity contribution in [2.45, 2.75) is 38.5 Å². The van der Waals surface area contributed by atoms with Crippen LogP contribution in [0, 0.1) is 0 Å². The molecule has 0 atom stereocenters. The van der Waals surface area contributed by atoms with Crippen molar-refractivity contribution in [3.8, 4) is 0 Å². The zero-order valence-corrected chi connectivity index (χ0v) is 17.1. The number of hydrogen-bond acceptors (Lipinski definition) is 3. The molecule has 150 valence electrons. The summed E-state index contributed by atoms with van der Waals surface area (Å²) in [5.74, 6) is -0.0937. The second kappa shape index (κ2) is 8.11. The molecule has 29 heavy (non-hydrogen) atoms. The number of fused-ring (bicyclic) bond motifs is 2. The predicted octanol–water partition coefficient (Wildman–Crippen LogP) is 3.89. The van der Waals surface area contributed by atoms with Crippen molar-refractivity contribution < 1.29 is 4.79 Å². The van der Waals surface area contributed by atoms with Crippen molar-refractivity contribution in [2.24, 2.45) is 4.99 Å². The zero-order valence-electron chi connectivity index (χ0n) is 17.1. The van der Waals surface area contributed by atoms with E-state index in [1.165, 1.54) is 49.9 Å². The minimum Gasteiger partial charge on any atom is -0.369 e. The maximum absolute atomic E-state index is 11.7. The third-order valence-corrected chi connectivity index (χ3v) is 6.69. The summed E-state index contributed by atoms with van der Waals surface area (Å²) in [6, 6.07) is 13.1. The van der Waals surface area contributed by atoms with Crippen molar-refractivity contribution in [1.29, 1.82) is 0 Å². The van der Waals surface area contributed by atoms with Gasteiger partial charge < -0.3 is 4.90 Å². The lowest BCUT2D eigenvalue weighted by Gasteiger charge is -2.37. The third-order valence-electron chi connectivity index (χ3n) is 6.69. The van der Waals surface area contributed by atoms with Gasteiger partial charge in [0.2, 0.25) is 0 Å². The van der Waals surface area contributed by atoms with Crippen LogP contribution in [0.5, 0.6) is 0 Å². The number of piperazine rings is 1. The van der Waals surface area contributed by atoms with Gasteiger partial charge in [0.05, 0.1) is 5.56 Å². The van der Waals surface area contributed by atoms with Crippen LogP contribution in [0.4, 0.5) is 5.69 Å². The van der Waals surface area contributed by atoms with Gasteiger partial charge in [-0.3, -0.25) is 9.69 Å². The summed E-state index contributed by atoms with van der Waals surface area (Å²) < 4.78 is 0. The van der Waals surface area contributed by atoms with Gasteiger partial charge in [-0.05, 0) is 73.9 Å². The highest BCUT2D eigenvalue weighted by Crippen LogP contribution is 2.31. The number of amides is 1. The lowest BCUT2D eigenvalue weighted by molar-refractivity contribution is 0.101. The number of hydrogen-bond donors (Lipinski definition) is 0. The molecule has 4 nitrogen and oxygen atoms in total. The number of unbranched alkanes of at least 4 members (excludes halogenated alkanes) is 1. The number of carbonyl (C=O) groups excluding carboxylic acids is 1. The Labute approximate surface area is 173 Å². The van der Waals surface area contributed by atoms with Crippen LogP contribution in [0.2, 0.25) is 0 Å². The summed E-state index contributed by atoms with van der Waals surface area (Å²) in [7, 11) is 0. The van der Waals surface area contributed by atoms with Crippen LogP contribution in [-0.2, 0) is 19.3 Å². The van der Waals surface area contributed by atoms with E-state index >= 15 is 0 Å². The molecule has 0 aromatic heterocycles. The molecule has 4 heteroatoms. The minimum absolute atomic E-state index is 0.0937. The summed E-state index contributed by atoms with van der Waals surface area (Å²) in [6.07, 6.45) is 8.92. The molecule has 2 aromatic rings. The topological polar surface area (TPSA) is 35.9 Å². The molecule has 1 aliphatic carbocycles. The van der Waals surface area contributed by atoms with Gasteiger partial charge in [-0.15, -0.1) is 0 Å². The monoisotopic (exact) mass is 387 g/mol. The predicted molar refractivity (Wildman–Crippen MR) is 118 cm³/mol. The van der Waals surface area contributed by atoms with Gasteiger partial charge in [-0.1, -0.05) is 24.3 Å². The Balaban J connectivity index is 1.07. The average molecular weight is 388 g/mol. The summed E-state index contributed by atoms with van der Waals surface area (Å²) >= 11 is 0. The summed E-state index contributed by atoms with van der Waals surface area (Å²) in [5.41, 5.74) is 7.66. The average Bonchev–Trinajstić information content (AvgIpc) is 3.38. The number of anilines is 1. The molecule has 1 fully saturated rings. The van der Waals surface area contributed by atoms with Crippen molar-refractivity contribution in [2.75, 3.05) is 37.6 Å². The SMILES string of the molecule is O=C1N=Cc2ccc(CCCCN3CCN(c4cccc5c4CCC5)CC3)cc21.